The second kappa shape index (κ2) is 9.45. The van der Waals surface area contributed by atoms with Gasteiger partial charge >= 0.3 is 5.97 Å². The molecule has 2 aromatic heterocycles. The number of rotatable bonds is 6. The van der Waals surface area contributed by atoms with Crippen molar-refractivity contribution in [2.75, 3.05) is 33.3 Å². The Morgan fingerprint density at radius 3 is 2.55 bits per heavy atom. The third-order valence-electron chi connectivity index (χ3n) is 5.67. The van der Waals surface area contributed by atoms with Crippen molar-refractivity contribution in [1.82, 2.24) is 24.6 Å². The van der Waals surface area contributed by atoms with Crippen molar-refractivity contribution in [3.63, 3.8) is 0 Å². The molecule has 0 aliphatic carbocycles. The van der Waals surface area contributed by atoms with E-state index in [1.807, 2.05) is 18.5 Å². The Hall–Kier alpha value is -2.97. The maximum absolute atomic E-state index is 13.0. The van der Waals surface area contributed by atoms with E-state index in [0.717, 1.165) is 11.0 Å². The molecule has 0 unspecified atom stereocenters. The third-order valence-corrected chi connectivity index (χ3v) is 5.67. The standard InChI is InChI=1S/C22H31N5O4/c1-6-31-22(30)16-7-9-26(10-8-16)19(28)13-25(5)21(29)18-11-17-12-23-27(14(2)3)20(17)24-15(18)4/h11-12,14,16H,6-10,13H2,1-5H3. The van der Waals surface area contributed by atoms with E-state index in [0.29, 0.717) is 43.8 Å². The van der Waals surface area contributed by atoms with E-state index in [4.69, 9.17) is 4.74 Å². The number of carbonyl (C=O) groups is 3. The van der Waals surface area contributed by atoms with Crippen LogP contribution in [0.3, 0.4) is 0 Å². The largest absolute Gasteiger partial charge is 0.466 e. The summed E-state index contributed by atoms with van der Waals surface area (Å²) < 4.78 is 6.89. The zero-order chi connectivity index (χ0) is 22.7. The van der Waals surface area contributed by atoms with Crippen LogP contribution >= 0.6 is 0 Å². The van der Waals surface area contributed by atoms with Crippen LogP contribution in [0.25, 0.3) is 11.0 Å². The van der Waals surface area contributed by atoms with E-state index >= 15 is 0 Å². The summed E-state index contributed by atoms with van der Waals surface area (Å²) in [5.41, 5.74) is 1.81. The van der Waals surface area contributed by atoms with Gasteiger partial charge in [-0.15, -0.1) is 0 Å². The Balaban J connectivity index is 1.64. The molecule has 9 nitrogen and oxygen atoms in total. The summed E-state index contributed by atoms with van der Waals surface area (Å²) in [7, 11) is 1.62. The average molecular weight is 430 g/mol. The van der Waals surface area contributed by atoms with Gasteiger partial charge in [0.05, 0.1) is 36.5 Å². The second-order valence-corrected chi connectivity index (χ2v) is 8.29. The highest BCUT2D eigenvalue weighted by Gasteiger charge is 2.29. The van der Waals surface area contributed by atoms with Crippen LogP contribution in [0, 0.1) is 12.8 Å². The van der Waals surface area contributed by atoms with Crippen LogP contribution in [0.1, 0.15) is 55.7 Å². The van der Waals surface area contributed by atoms with Gasteiger partial charge in [0.15, 0.2) is 5.65 Å². The van der Waals surface area contributed by atoms with Gasteiger partial charge < -0.3 is 14.5 Å². The molecule has 0 radical (unpaired) electrons. The van der Waals surface area contributed by atoms with Crippen molar-refractivity contribution in [2.45, 2.75) is 46.6 Å². The number of ether oxygens (including phenoxy) is 1. The maximum atomic E-state index is 13.0. The van der Waals surface area contributed by atoms with Crippen molar-refractivity contribution in [2.24, 2.45) is 5.92 Å². The first-order chi connectivity index (χ1) is 14.7. The molecule has 9 heteroatoms. The van der Waals surface area contributed by atoms with Gasteiger partial charge in [-0.2, -0.15) is 5.10 Å². The Kier molecular flexibility index (Phi) is 6.92. The Morgan fingerprint density at radius 1 is 1.26 bits per heavy atom. The number of likely N-dealkylation sites (N-methyl/N-ethyl adjacent to an activating group) is 1. The Bertz CT molecular complexity index is 976. The summed E-state index contributed by atoms with van der Waals surface area (Å²) in [5, 5.41) is 5.15. The summed E-state index contributed by atoms with van der Waals surface area (Å²) in [5.74, 6) is -0.729. The van der Waals surface area contributed by atoms with Crippen LogP contribution in [-0.4, -0.2) is 75.6 Å². The van der Waals surface area contributed by atoms with Crippen LogP contribution in [0.15, 0.2) is 12.3 Å². The van der Waals surface area contributed by atoms with E-state index in [9.17, 15) is 14.4 Å². The van der Waals surface area contributed by atoms with Crippen LogP contribution in [0.4, 0.5) is 0 Å². The number of likely N-dealkylation sites (tertiary alicyclic amines) is 1. The molecular weight excluding hydrogens is 398 g/mol. The normalized spacial score (nSPS) is 14.8. The molecule has 1 saturated heterocycles. The third kappa shape index (κ3) is 4.86. The summed E-state index contributed by atoms with van der Waals surface area (Å²) in [6.07, 6.45) is 2.88. The molecule has 2 amide bonds. The Labute approximate surface area is 182 Å². The first kappa shape index (κ1) is 22.7. The van der Waals surface area contributed by atoms with Gasteiger partial charge in [0, 0.05) is 31.6 Å². The van der Waals surface area contributed by atoms with Gasteiger partial charge in [0.2, 0.25) is 5.91 Å². The van der Waals surface area contributed by atoms with Crippen molar-refractivity contribution < 1.29 is 19.1 Å². The van der Waals surface area contributed by atoms with Gasteiger partial charge in [0.25, 0.3) is 5.91 Å². The number of aryl methyl sites for hydroxylation is 1. The lowest BCUT2D eigenvalue weighted by molar-refractivity contribution is -0.151. The fraction of sp³-hybridized carbons (Fsp3) is 0.591. The lowest BCUT2D eigenvalue weighted by Crippen LogP contribution is -2.45. The first-order valence-corrected chi connectivity index (χ1v) is 10.8. The van der Waals surface area contributed by atoms with Gasteiger partial charge in [-0.3, -0.25) is 14.4 Å². The number of aromatic nitrogens is 3. The highest BCUT2D eigenvalue weighted by molar-refractivity contribution is 5.99. The molecule has 3 heterocycles. The van der Waals surface area contributed by atoms with Gasteiger partial charge in [-0.25, -0.2) is 9.67 Å². The number of esters is 1. The molecule has 1 aliphatic heterocycles. The van der Waals surface area contributed by atoms with Crippen LogP contribution < -0.4 is 0 Å². The number of piperidine rings is 1. The fourth-order valence-electron chi connectivity index (χ4n) is 3.87. The highest BCUT2D eigenvalue weighted by atomic mass is 16.5. The SMILES string of the molecule is CCOC(=O)C1CCN(C(=O)CN(C)C(=O)c2cc3cnn(C(C)C)c3nc2C)CC1. The quantitative estimate of drug-likeness (QED) is 0.653. The number of nitrogens with zero attached hydrogens (tertiary/aromatic N) is 5. The zero-order valence-corrected chi connectivity index (χ0v) is 18.9. The van der Waals surface area contributed by atoms with Crippen molar-refractivity contribution >= 4 is 28.8 Å². The van der Waals surface area contributed by atoms with Crippen LogP contribution in [0.2, 0.25) is 0 Å². The number of hydrogen-bond donors (Lipinski definition) is 0. The fourth-order valence-corrected chi connectivity index (χ4v) is 3.87. The number of hydrogen-bond acceptors (Lipinski definition) is 6. The lowest BCUT2D eigenvalue weighted by atomic mass is 9.97. The molecule has 31 heavy (non-hydrogen) atoms. The molecule has 0 aromatic carbocycles. The topological polar surface area (TPSA) is 97.6 Å². The second-order valence-electron chi connectivity index (χ2n) is 8.29. The van der Waals surface area contributed by atoms with E-state index in [1.165, 1.54) is 4.90 Å². The summed E-state index contributed by atoms with van der Waals surface area (Å²) in [6.45, 7) is 8.95. The van der Waals surface area contributed by atoms with E-state index < -0.39 is 0 Å². The number of pyridine rings is 1. The molecular formula is C22H31N5O4. The highest BCUT2D eigenvalue weighted by Crippen LogP contribution is 2.21. The molecule has 168 valence electrons. The predicted octanol–water partition coefficient (Wildman–Crippen LogP) is 2.19. The molecule has 0 saturated carbocycles. The van der Waals surface area contributed by atoms with E-state index in [-0.39, 0.29) is 36.3 Å². The van der Waals surface area contributed by atoms with Crippen molar-refractivity contribution in [3.8, 4) is 0 Å². The minimum Gasteiger partial charge on any atom is -0.466 e. The van der Waals surface area contributed by atoms with Crippen molar-refractivity contribution in [1.29, 1.82) is 0 Å². The molecule has 3 rings (SSSR count). The summed E-state index contributed by atoms with van der Waals surface area (Å²) >= 11 is 0. The monoisotopic (exact) mass is 429 g/mol. The lowest BCUT2D eigenvalue weighted by Gasteiger charge is -2.32. The first-order valence-electron chi connectivity index (χ1n) is 10.8. The van der Waals surface area contributed by atoms with Gasteiger partial charge in [0.1, 0.15) is 0 Å². The minimum absolute atomic E-state index is 0.0222. The van der Waals surface area contributed by atoms with Crippen LogP contribution in [0.5, 0.6) is 0 Å². The van der Waals surface area contributed by atoms with Crippen molar-refractivity contribution in [3.05, 3.63) is 23.5 Å². The number of carbonyl (C=O) groups excluding carboxylic acids is 3. The summed E-state index contributed by atoms with van der Waals surface area (Å²) in [6, 6.07) is 1.96. The van der Waals surface area contributed by atoms with E-state index in [2.05, 4.69) is 10.1 Å². The molecule has 1 fully saturated rings. The van der Waals surface area contributed by atoms with Gasteiger partial charge in [-0.05, 0) is 46.6 Å². The zero-order valence-electron chi connectivity index (χ0n) is 18.9. The molecule has 0 atom stereocenters. The van der Waals surface area contributed by atoms with Gasteiger partial charge in [-0.1, -0.05) is 0 Å². The smallest absolute Gasteiger partial charge is 0.309 e. The molecule has 0 N–H and O–H groups in total. The number of amides is 2. The molecule has 0 spiro atoms. The molecule has 0 bridgehead atoms. The minimum atomic E-state index is -0.251. The van der Waals surface area contributed by atoms with E-state index in [1.54, 1.807) is 38.1 Å². The maximum Gasteiger partial charge on any atom is 0.309 e. The average Bonchev–Trinajstić information content (AvgIpc) is 3.15. The van der Waals surface area contributed by atoms with Crippen LogP contribution in [-0.2, 0) is 14.3 Å². The summed E-state index contributed by atoms with van der Waals surface area (Å²) in [4.78, 5) is 45.3. The predicted molar refractivity (Wildman–Crippen MR) is 116 cm³/mol. The Morgan fingerprint density at radius 2 is 1.94 bits per heavy atom. The number of fused-ring (bicyclic) bond motifs is 1. The molecule has 2 aromatic rings. The molecule has 1 aliphatic rings.